The maximum Gasteiger partial charge on any atom is 0.295 e. The molecular weight excluding hydrogens is 397 g/mol. The third-order valence-electron chi connectivity index (χ3n) is 6.46. The summed E-state index contributed by atoms with van der Waals surface area (Å²) in [4.78, 5) is 19.3. The molecule has 0 amide bonds. The smallest absolute Gasteiger partial charge is 0.295 e. The molecule has 164 valence electrons. The van der Waals surface area contributed by atoms with Crippen molar-refractivity contribution in [3.63, 3.8) is 0 Å². The van der Waals surface area contributed by atoms with Crippen molar-refractivity contribution in [1.29, 1.82) is 0 Å². The van der Waals surface area contributed by atoms with Crippen LogP contribution in [0.4, 0.5) is 10.4 Å². The van der Waals surface area contributed by atoms with Crippen molar-refractivity contribution in [1.82, 2.24) is 19.7 Å². The predicted octanol–water partition coefficient (Wildman–Crippen LogP) is 3.37. The summed E-state index contributed by atoms with van der Waals surface area (Å²) in [7, 11) is 0. The Balaban J connectivity index is 1.23. The standard InChI is InChI=1S/C23H28FN5O2/c24-17-8-9-20-21(14-17)31-23(26-20)25-15-18-6-3-4-10-28(18)11-12-29-22(30)13-16-5-1-2-7-19(16)27-29/h8-9,13-14,18H,1-7,10-12,15H2,(H,25,26). The molecule has 1 unspecified atom stereocenters. The zero-order valence-electron chi connectivity index (χ0n) is 17.6. The van der Waals surface area contributed by atoms with Crippen LogP contribution in [0.25, 0.3) is 11.1 Å². The van der Waals surface area contributed by atoms with Crippen LogP contribution >= 0.6 is 0 Å². The number of rotatable bonds is 6. The van der Waals surface area contributed by atoms with Crippen LogP contribution in [0.5, 0.6) is 0 Å². The lowest BCUT2D eigenvalue weighted by Crippen LogP contribution is -2.45. The minimum absolute atomic E-state index is 0.00559. The Bertz CT molecular complexity index is 1120. The molecule has 0 spiro atoms. The Labute approximate surface area is 180 Å². The summed E-state index contributed by atoms with van der Waals surface area (Å²) in [6.45, 7) is 3.09. The SMILES string of the molecule is O=c1cc2c(nn1CCN1CCCCC1CNc1nc3ccc(F)cc3o1)CCCC2. The summed E-state index contributed by atoms with van der Waals surface area (Å²) in [6, 6.07) is 6.88. The summed E-state index contributed by atoms with van der Waals surface area (Å²) in [5, 5.41) is 7.93. The highest BCUT2D eigenvalue weighted by Gasteiger charge is 2.23. The Kier molecular flexibility index (Phi) is 5.72. The number of piperidine rings is 1. The van der Waals surface area contributed by atoms with E-state index in [1.165, 1.54) is 18.6 Å². The monoisotopic (exact) mass is 425 g/mol. The molecular formula is C23H28FN5O2. The van der Waals surface area contributed by atoms with Crippen LogP contribution < -0.4 is 10.9 Å². The number of halogens is 1. The fraction of sp³-hybridized carbons (Fsp3) is 0.522. The molecule has 3 aromatic rings. The molecule has 1 atom stereocenters. The third kappa shape index (κ3) is 4.49. The van der Waals surface area contributed by atoms with E-state index in [-0.39, 0.29) is 11.4 Å². The lowest BCUT2D eigenvalue weighted by molar-refractivity contribution is 0.147. The summed E-state index contributed by atoms with van der Waals surface area (Å²) < 4.78 is 20.7. The average Bonchev–Trinajstić information content (AvgIpc) is 3.18. The predicted molar refractivity (Wildman–Crippen MR) is 117 cm³/mol. The van der Waals surface area contributed by atoms with E-state index in [4.69, 9.17) is 4.42 Å². The van der Waals surface area contributed by atoms with Crippen LogP contribution in [-0.2, 0) is 19.4 Å². The summed E-state index contributed by atoms with van der Waals surface area (Å²) >= 11 is 0. The minimum Gasteiger partial charge on any atom is -0.423 e. The van der Waals surface area contributed by atoms with E-state index < -0.39 is 0 Å². The van der Waals surface area contributed by atoms with Crippen LogP contribution in [0, 0.1) is 5.82 Å². The van der Waals surface area contributed by atoms with Crippen molar-refractivity contribution in [3.05, 3.63) is 51.7 Å². The van der Waals surface area contributed by atoms with Gasteiger partial charge in [0.2, 0.25) is 0 Å². The third-order valence-corrected chi connectivity index (χ3v) is 6.46. The molecule has 31 heavy (non-hydrogen) atoms. The van der Waals surface area contributed by atoms with Gasteiger partial charge in [-0.05, 0) is 62.8 Å². The highest BCUT2D eigenvalue weighted by Crippen LogP contribution is 2.22. The van der Waals surface area contributed by atoms with E-state index in [1.54, 1.807) is 16.8 Å². The van der Waals surface area contributed by atoms with Gasteiger partial charge in [0.25, 0.3) is 11.6 Å². The Morgan fingerprint density at radius 2 is 2.03 bits per heavy atom. The van der Waals surface area contributed by atoms with Crippen LogP contribution in [0.1, 0.15) is 43.4 Å². The van der Waals surface area contributed by atoms with Crippen molar-refractivity contribution in [2.24, 2.45) is 0 Å². The van der Waals surface area contributed by atoms with Crippen molar-refractivity contribution < 1.29 is 8.81 Å². The number of fused-ring (bicyclic) bond motifs is 2. The number of aryl methyl sites for hydroxylation is 2. The Morgan fingerprint density at radius 3 is 2.97 bits per heavy atom. The molecule has 2 aliphatic rings. The number of hydrogen-bond donors (Lipinski definition) is 1. The van der Waals surface area contributed by atoms with Gasteiger partial charge in [0.05, 0.1) is 12.2 Å². The second-order valence-electron chi connectivity index (χ2n) is 8.58. The van der Waals surface area contributed by atoms with Gasteiger partial charge in [0.1, 0.15) is 11.3 Å². The van der Waals surface area contributed by atoms with Crippen LogP contribution in [-0.4, -0.2) is 45.3 Å². The van der Waals surface area contributed by atoms with E-state index in [0.717, 1.165) is 62.9 Å². The number of aromatic nitrogens is 3. The van der Waals surface area contributed by atoms with Gasteiger partial charge >= 0.3 is 0 Å². The fourth-order valence-electron chi connectivity index (χ4n) is 4.75. The molecule has 1 aliphatic carbocycles. The minimum atomic E-state index is -0.334. The van der Waals surface area contributed by atoms with Gasteiger partial charge < -0.3 is 9.73 Å². The molecule has 5 rings (SSSR count). The van der Waals surface area contributed by atoms with E-state index in [0.29, 0.717) is 36.2 Å². The van der Waals surface area contributed by atoms with Crippen LogP contribution in [0.2, 0.25) is 0 Å². The van der Waals surface area contributed by atoms with Gasteiger partial charge in [0.15, 0.2) is 5.58 Å². The van der Waals surface area contributed by atoms with Crippen molar-refractivity contribution >= 4 is 17.1 Å². The van der Waals surface area contributed by atoms with Gasteiger partial charge in [-0.3, -0.25) is 9.69 Å². The summed E-state index contributed by atoms with van der Waals surface area (Å²) in [5.74, 6) is -0.334. The number of benzene rings is 1. The molecule has 8 heteroatoms. The topological polar surface area (TPSA) is 76.2 Å². The maximum atomic E-state index is 13.4. The maximum absolute atomic E-state index is 13.4. The normalized spacial score (nSPS) is 19.5. The fourth-order valence-corrected chi connectivity index (χ4v) is 4.75. The first kappa shape index (κ1) is 20.2. The number of nitrogens with one attached hydrogen (secondary N) is 1. The summed E-state index contributed by atoms with van der Waals surface area (Å²) in [6.07, 6.45) is 7.66. The first-order valence-electron chi connectivity index (χ1n) is 11.3. The highest BCUT2D eigenvalue weighted by molar-refractivity contribution is 5.74. The molecule has 1 saturated heterocycles. The van der Waals surface area contributed by atoms with E-state index in [1.807, 2.05) is 0 Å². The molecule has 7 nitrogen and oxygen atoms in total. The molecule has 1 aliphatic heterocycles. The zero-order valence-corrected chi connectivity index (χ0v) is 17.6. The molecule has 0 saturated carbocycles. The van der Waals surface area contributed by atoms with Crippen molar-refractivity contribution in [2.75, 3.05) is 25.0 Å². The Morgan fingerprint density at radius 1 is 1.13 bits per heavy atom. The van der Waals surface area contributed by atoms with Gasteiger partial charge in [-0.1, -0.05) is 6.42 Å². The molecule has 1 fully saturated rings. The lowest BCUT2D eigenvalue weighted by atomic mass is 9.97. The number of hydrogen-bond acceptors (Lipinski definition) is 6. The Hall–Kier alpha value is -2.74. The van der Waals surface area contributed by atoms with Crippen molar-refractivity contribution in [3.8, 4) is 0 Å². The number of nitrogens with zero attached hydrogens (tertiary/aromatic N) is 4. The van der Waals surface area contributed by atoms with Gasteiger partial charge in [-0.25, -0.2) is 9.07 Å². The van der Waals surface area contributed by atoms with Crippen LogP contribution in [0.15, 0.2) is 33.5 Å². The molecule has 2 aromatic heterocycles. The van der Waals surface area contributed by atoms with Gasteiger partial charge in [0, 0.05) is 31.3 Å². The lowest BCUT2D eigenvalue weighted by Gasteiger charge is -2.35. The molecule has 0 bridgehead atoms. The van der Waals surface area contributed by atoms with Crippen molar-refractivity contribution in [2.45, 2.75) is 57.5 Å². The largest absolute Gasteiger partial charge is 0.423 e. The molecule has 1 aromatic carbocycles. The number of anilines is 1. The quantitative estimate of drug-likeness (QED) is 0.653. The van der Waals surface area contributed by atoms with E-state index >= 15 is 0 Å². The van der Waals surface area contributed by atoms with Gasteiger partial charge in [-0.15, -0.1) is 0 Å². The zero-order chi connectivity index (χ0) is 21.2. The second-order valence-corrected chi connectivity index (χ2v) is 8.58. The molecule has 0 radical (unpaired) electrons. The van der Waals surface area contributed by atoms with E-state index in [2.05, 4.69) is 20.3 Å². The number of oxazole rings is 1. The summed E-state index contributed by atoms with van der Waals surface area (Å²) in [5.41, 5.74) is 3.31. The average molecular weight is 426 g/mol. The first-order valence-corrected chi connectivity index (χ1v) is 11.3. The van der Waals surface area contributed by atoms with Crippen LogP contribution in [0.3, 0.4) is 0 Å². The highest BCUT2D eigenvalue weighted by atomic mass is 19.1. The molecule has 3 heterocycles. The van der Waals surface area contributed by atoms with Gasteiger partial charge in [-0.2, -0.15) is 10.1 Å². The number of likely N-dealkylation sites (tertiary alicyclic amines) is 1. The first-order chi connectivity index (χ1) is 15.2. The second kappa shape index (κ2) is 8.78. The molecule has 1 N–H and O–H groups in total. The van der Waals surface area contributed by atoms with E-state index in [9.17, 15) is 9.18 Å².